The number of carboxylic acids is 2. The summed E-state index contributed by atoms with van der Waals surface area (Å²) in [5, 5.41) is 28.6. The van der Waals surface area contributed by atoms with Gasteiger partial charge in [-0.15, -0.1) is 11.8 Å². The Kier molecular flexibility index (Phi) is 8.72. The fraction of sp³-hybridized carbons (Fsp3) is 0.444. The van der Waals surface area contributed by atoms with Crippen LogP contribution >= 0.6 is 23.3 Å². The summed E-state index contributed by atoms with van der Waals surface area (Å²) in [6.45, 7) is 1.59. The van der Waals surface area contributed by atoms with E-state index in [0.29, 0.717) is 30.1 Å². The van der Waals surface area contributed by atoms with Gasteiger partial charge in [0.15, 0.2) is 5.13 Å². The molecule has 3 aromatic heterocycles. The van der Waals surface area contributed by atoms with Crippen LogP contribution in [0.5, 0.6) is 0 Å². The second-order valence-electron chi connectivity index (χ2n) is 11.2. The number of nitrogens with zero attached hydrogens (tertiary/aromatic N) is 7. The lowest BCUT2D eigenvalue weighted by Gasteiger charge is -2.49. The molecule has 2 amide bonds. The van der Waals surface area contributed by atoms with Gasteiger partial charge in [-0.2, -0.15) is 9.36 Å². The van der Waals surface area contributed by atoms with Crippen molar-refractivity contribution < 1.29 is 38.8 Å². The Morgan fingerprint density at radius 3 is 2.68 bits per heavy atom. The third kappa shape index (κ3) is 5.82. The van der Waals surface area contributed by atoms with Gasteiger partial charge < -0.3 is 37.2 Å². The number of carbonyl (C=O) groups excluding carboxylic acids is 2. The number of imidazole rings is 1. The van der Waals surface area contributed by atoms with Crippen LogP contribution in [0.15, 0.2) is 34.8 Å². The molecule has 3 aromatic rings. The summed E-state index contributed by atoms with van der Waals surface area (Å²) in [4.78, 5) is 66.1. The molecule has 2 fully saturated rings. The molecule has 0 spiro atoms. The zero-order valence-electron chi connectivity index (χ0n) is 25.1. The van der Waals surface area contributed by atoms with Crippen molar-refractivity contribution in [1.82, 2.24) is 34.4 Å². The molecule has 8 N–H and O–H groups in total. The van der Waals surface area contributed by atoms with Gasteiger partial charge in [-0.05, 0) is 43.6 Å². The Balaban J connectivity index is 1.22. The number of aryl methyl sites for hydroxylation is 1. The lowest BCUT2D eigenvalue weighted by atomic mass is 9.80. The van der Waals surface area contributed by atoms with Gasteiger partial charge in [-0.25, -0.2) is 14.2 Å². The fourth-order valence-corrected chi connectivity index (χ4v) is 7.41. The predicted octanol–water partition coefficient (Wildman–Crippen LogP) is -0.884. The first-order valence-corrected chi connectivity index (χ1v) is 16.5. The molecule has 1 aliphatic carbocycles. The van der Waals surface area contributed by atoms with Crippen molar-refractivity contribution in [2.75, 3.05) is 30.8 Å². The Labute approximate surface area is 275 Å². The molecule has 2 unspecified atom stereocenters. The van der Waals surface area contributed by atoms with E-state index in [1.165, 1.54) is 11.8 Å². The van der Waals surface area contributed by atoms with Crippen molar-refractivity contribution in [2.45, 2.75) is 55.8 Å². The molecule has 6 rings (SSSR count). The van der Waals surface area contributed by atoms with Crippen molar-refractivity contribution in [1.29, 1.82) is 0 Å². The van der Waals surface area contributed by atoms with Crippen LogP contribution in [0.2, 0.25) is 0 Å². The maximum Gasteiger partial charge on any atom is 0.352 e. The standard InChI is InChI=1S/C27H31N11O7S2/c1-30-8-4-10-37-14-5-2-9-36(19(14)33-25(37)28)11-13-12-46-22-16(21(40)38(22)17(13)23(41)42)31-20(39)15(18-32-26(29)47-35-18)34-45-27(24(43)44)6-3-7-27/h2,5,9,16,22,28,30H,3-4,6-8,10-12H2,1H3,(H5,29,31,32,35,39,41,42,43,44)/p+1/b34-15-. The first-order valence-electron chi connectivity index (χ1n) is 14.6. The van der Waals surface area contributed by atoms with E-state index >= 15 is 0 Å². The molecule has 5 heterocycles. The summed E-state index contributed by atoms with van der Waals surface area (Å²) in [5.41, 5.74) is 11.6. The van der Waals surface area contributed by atoms with Gasteiger partial charge in [0.2, 0.25) is 17.1 Å². The summed E-state index contributed by atoms with van der Waals surface area (Å²) >= 11 is 2.08. The number of hydrogen-bond acceptors (Lipinski definition) is 14. The molecular weight excluding hydrogens is 655 g/mol. The summed E-state index contributed by atoms with van der Waals surface area (Å²) in [7, 11) is 1.87. The Morgan fingerprint density at radius 1 is 1.26 bits per heavy atom. The molecule has 0 aromatic carbocycles. The number of amides is 2. The van der Waals surface area contributed by atoms with Crippen molar-refractivity contribution in [2.24, 2.45) is 5.16 Å². The number of fused-ring (bicyclic) bond motifs is 2. The Bertz CT molecular complexity index is 1830. The van der Waals surface area contributed by atoms with Crippen LogP contribution in [-0.4, -0.2) is 99.8 Å². The monoisotopic (exact) mass is 686 g/mol. The molecule has 0 bridgehead atoms. The largest absolute Gasteiger partial charge is 0.478 e. The van der Waals surface area contributed by atoms with E-state index in [1.54, 1.807) is 10.8 Å². The number of rotatable bonds is 13. The number of pyridine rings is 1. The minimum absolute atomic E-state index is 0.0337. The number of oxime groups is 1. The second kappa shape index (κ2) is 12.8. The zero-order chi connectivity index (χ0) is 33.5. The quantitative estimate of drug-likeness (QED) is 0.0420. The molecule has 1 saturated carbocycles. The van der Waals surface area contributed by atoms with E-state index in [-0.39, 0.29) is 41.8 Å². The highest BCUT2D eigenvalue weighted by Gasteiger charge is 2.55. The van der Waals surface area contributed by atoms with Crippen LogP contribution in [0.25, 0.3) is 11.2 Å². The number of nitrogens with one attached hydrogen (secondary N) is 2. The number of carbonyl (C=O) groups is 4. The van der Waals surface area contributed by atoms with Crippen LogP contribution < -0.4 is 26.7 Å². The number of nitrogens with two attached hydrogens (primary N) is 2. The van der Waals surface area contributed by atoms with Crippen molar-refractivity contribution >= 4 is 75.0 Å². The Morgan fingerprint density at radius 2 is 2.04 bits per heavy atom. The summed E-state index contributed by atoms with van der Waals surface area (Å²) in [5.74, 6) is -3.66. The number of aliphatic carboxylic acids is 2. The highest BCUT2D eigenvalue weighted by Crippen LogP contribution is 2.41. The van der Waals surface area contributed by atoms with Crippen LogP contribution in [-0.2, 0) is 37.1 Å². The number of aromatic nitrogens is 5. The lowest BCUT2D eigenvalue weighted by Crippen LogP contribution is -2.71. The lowest BCUT2D eigenvalue weighted by molar-refractivity contribution is -0.664. The third-order valence-electron chi connectivity index (χ3n) is 8.25. The number of hydrogen-bond donors (Lipinski definition) is 6. The average molecular weight is 687 g/mol. The second-order valence-corrected chi connectivity index (χ2v) is 13.1. The minimum Gasteiger partial charge on any atom is -0.478 e. The minimum atomic E-state index is -1.58. The molecule has 3 aliphatic rings. The van der Waals surface area contributed by atoms with Crippen LogP contribution in [0.1, 0.15) is 31.5 Å². The van der Waals surface area contributed by atoms with Gasteiger partial charge in [0.1, 0.15) is 29.2 Å². The first-order chi connectivity index (χ1) is 22.5. The number of nitrogen functional groups attached to an aromatic ring is 2. The van der Waals surface area contributed by atoms with E-state index in [2.05, 4.69) is 30.1 Å². The summed E-state index contributed by atoms with van der Waals surface area (Å²) in [6, 6.07) is 2.62. The van der Waals surface area contributed by atoms with Gasteiger partial charge in [-0.3, -0.25) is 19.1 Å². The molecular formula is C27H32N11O7S2+. The Hall–Kier alpha value is -4.82. The molecule has 2 atom stereocenters. The van der Waals surface area contributed by atoms with E-state index in [9.17, 15) is 29.4 Å². The van der Waals surface area contributed by atoms with Crippen LogP contribution in [0.3, 0.4) is 0 Å². The van der Waals surface area contributed by atoms with E-state index in [4.69, 9.17) is 16.3 Å². The van der Waals surface area contributed by atoms with Crippen LogP contribution in [0, 0.1) is 0 Å². The van der Waals surface area contributed by atoms with E-state index < -0.39 is 46.5 Å². The average Bonchev–Trinajstić information content (AvgIpc) is 3.59. The van der Waals surface area contributed by atoms with Crippen molar-refractivity contribution in [3.8, 4) is 0 Å². The molecule has 20 heteroatoms. The number of thioether (sulfide) groups is 1. The van der Waals surface area contributed by atoms with Crippen molar-refractivity contribution in [3.63, 3.8) is 0 Å². The molecule has 18 nitrogen and oxygen atoms in total. The molecule has 47 heavy (non-hydrogen) atoms. The zero-order valence-corrected chi connectivity index (χ0v) is 26.7. The normalized spacial score (nSPS) is 20.4. The molecule has 1 saturated heterocycles. The smallest absolute Gasteiger partial charge is 0.352 e. The van der Waals surface area contributed by atoms with E-state index in [1.807, 2.05) is 23.7 Å². The molecule has 2 aliphatic heterocycles. The fourth-order valence-electron chi connectivity index (χ4n) is 5.64. The number of carboxylic acid groups (broad SMARTS) is 2. The van der Waals surface area contributed by atoms with Crippen molar-refractivity contribution in [3.05, 3.63) is 35.4 Å². The SMILES string of the molecule is CNCCCn1c(N)nc2c1ccc[n+]2CC1=C(C(=O)O)N2C(=O)C(NC(=O)/C(=N\OC3(C(=O)O)CCC3)c3nsc(N)n3)C2SC1. The van der Waals surface area contributed by atoms with Gasteiger partial charge in [-0.1, -0.05) is 5.16 Å². The summed E-state index contributed by atoms with van der Waals surface area (Å²) < 4.78 is 7.69. The van der Waals surface area contributed by atoms with Gasteiger partial charge in [0, 0.05) is 42.2 Å². The first kappa shape index (κ1) is 32.1. The van der Waals surface area contributed by atoms with E-state index in [0.717, 1.165) is 34.9 Å². The van der Waals surface area contributed by atoms with Crippen LogP contribution in [0.4, 0.5) is 11.1 Å². The van der Waals surface area contributed by atoms with Gasteiger partial charge in [0.25, 0.3) is 11.8 Å². The highest BCUT2D eigenvalue weighted by atomic mass is 32.2. The number of anilines is 2. The maximum atomic E-state index is 13.4. The van der Waals surface area contributed by atoms with Gasteiger partial charge >= 0.3 is 23.5 Å². The predicted molar refractivity (Wildman–Crippen MR) is 169 cm³/mol. The molecule has 248 valence electrons. The highest BCUT2D eigenvalue weighted by molar-refractivity contribution is 8.00. The number of β-lactam (4-membered cyclic amide) rings is 1. The third-order valence-corrected chi connectivity index (χ3v) is 10.1. The molecule has 0 radical (unpaired) electrons. The summed E-state index contributed by atoms with van der Waals surface area (Å²) in [6.07, 6.45) is 3.62. The topological polar surface area (TPSA) is 257 Å². The van der Waals surface area contributed by atoms with Gasteiger partial charge in [0.05, 0.1) is 6.20 Å². The maximum absolute atomic E-state index is 13.4.